The number of allylic oxidation sites excluding steroid dienone is 1. The molecular formula is C9H14O3. The monoisotopic (exact) mass is 170 g/mol. The van der Waals surface area contributed by atoms with Crippen LogP contribution in [0.3, 0.4) is 0 Å². The van der Waals surface area contributed by atoms with Crippen LogP contribution < -0.4 is 0 Å². The van der Waals surface area contributed by atoms with Crippen molar-refractivity contribution in [2.75, 3.05) is 0 Å². The van der Waals surface area contributed by atoms with Crippen LogP contribution in [0.4, 0.5) is 0 Å². The summed E-state index contributed by atoms with van der Waals surface area (Å²) in [5.74, 6) is -0.930. The minimum atomic E-state index is -0.882. The third kappa shape index (κ3) is 3.32. The van der Waals surface area contributed by atoms with E-state index in [-0.39, 0.29) is 12.2 Å². The third-order valence-electron chi connectivity index (χ3n) is 1.85. The number of aliphatic carboxylic acids is 1. The molecule has 0 aromatic rings. The summed E-state index contributed by atoms with van der Waals surface area (Å²) in [6, 6.07) is 0. The third-order valence-corrected chi connectivity index (χ3v) is 1.85. The Hall–Kier alpha value is -1.12. The van der Waals surface area contributed by atoms with E-state index in [1.165, 1.54) is 6.92 Å². The molecule has 0 saturated carbocycles. The van der Waals surface area contributed by atoms with Gasteiger partial charge < -0.3 is 5.11 Å². The van der Waals surface area contributed by atoms with Crippen molar-refractivity contribution in [3.05, 3.63) is 11.1 Å². The first-order valence-electron chi connectivity index (χ1n) is 3.90. The largest absolute Gasteiger partial charge is 0.481 e. The van der Waals surface area contributed by atoms with Crippen molar-refractivity contribution in [3.8, 4) is 0 Å². The molecule has 0 bridgehead atoms. The average molecular weight is 170 g/mol. The molecule has 0 heterocycles. The number of hydrogen-bond donors (Lipinski definition) is 1. The van der Waals surface area contributed by atoms with Gasteiger partial charge in [-0.05, 0) is 25.8 Å². The van der Waals surface area contributed by atoms with Gasteiger partial charge in [0.2, 0.25) is 0 Å². The average Bonchev–Trinajstić information content (AvgIpc) is 1.98. The summed E-state index contributed by atoms with van der Waals surface area (Å²) >= 11 is 0. The number of carbonyl (C=O) groups is 2. The molecule has 0 aromatic heterocycles. The minimum Gasteiger partial charge on any atom is -0.481 e. The maximum Gasteiger partial charge on any atom is 0.307 e. The summed E-state index contributed by atoms with van der Waals surface area (Å²) < 4.78 is 0. The molecule has 0 amide bonds. The molecule has 0 aromatic carbocycles. The van der Waals surface area contributed by atoms with E-state index in [1.54, 1.807) is 6.92 Å². The lowest BCUT2D eigenvalue weighted by molar-refractivity contribution is -0.136. The fourth-order valence-corrected chi connectivity index (χ4v) is 0.954. The van der Waals surface area contributed by atoms with Gasteiger partial charge >= 0.3 is 5.97 Å². The molecule has 3 nitrogen and oxygen atoms in total. The number of hydrogen-bond acceptors (Lipinski definition) is 2. The second-order valence-corrected chi connectivity index (χ2v) is 2.71. The lowest BCUT2D eigenvalue weighted by Gasteiger charge is -2.04. The van der Waals surface area contributed by atoms with Crippen LogP contribution in [0.15, 0.2) is 11.1 Å². The zero-order valence-electron chi connectivity index (χ0n) is 7.68. The molecule has 0 rings (SSSR count). The highest BCUT2D eigenvalue weighted by molar-refractivity contribution is 5.94. The van der Waals surface area contributed by atoms with E-state index in [0.717, 1.165) is 5.57 Å². The fourth-order valence-electron chi connectivity index (χ4n) is 0.954. The highest BCUT2D eigenvalue weighted by Crippen LogP contribution is 2.13. The Morgan fingerprint density at radius 1 is 1.25 bits per heavy atom. The van der Waals surface area contributed by atoms with Crippen molar-refractivity contribution >= 4 is 11.8 Å². The number of carbonyl (C=O) groups excluding carboxylic acids is 1. The second-order valence-electron chi connectivity index (χ2n) is 2.71. The van der Waals surface area contributed by atoms with Gasteiger partial charge in [0, 0.05) is 0 Å². The molecule has 0 unspecified atom stereocenters. The second kappa shape index (κ2) is 4.70. The quantitative estimate of drug-likeness (QED) is 0.654. The van der Waals surface area contributed by atoms with Crippen LogP contribution in [-0.4, -0.2) is 16.9 Å². The van der Waals surface area contributed by atoms with E-state index in [1.807, 2.05) is 6.92 Å². The predicted molar refractivity (Wildman–Crippen MR) is 45.9 cm³/mol. The van der Waals surface area contributed by atoms with E-state index >= 15 is 0 Å². The van der Waals surface area contributed by atoms with Crippen LogP contribution in [0.5, 0.6) is 0 Å². The zero-order valence-corrected chi connectivity index (χ0v) is 7.68. The van der Waals surface area contributed by atoms with Gasteiger partial charge in [0.25, 0.3) is 0 Å². The molecule has 0 radical (unpaired) electrons. The smallest absolute Gasteiger partial charge is 0.307 e. The van der Waals surface area contributed by atoms with Gasteiger partial charge in [0.15, 0.2) is 5.78 Å². The lowest BCUT2D eigenvalue weighted by atomic mass is 10.0. The summed E-state index contributed by atoms with van der Waals surface area (Å²) in [4.78, 5) is 21.2. The normalized spacial score (nSPS) is 12.2. The van der Waals surface area contributed by atoms with E-state index in [9.17, 15) is 9.59 Å². The highest BCUT2D eigenvalue weighted by Gasteiger charge is 2.08. The van der Waals surface area contributed by atoms with Crippen molar-refractivity contribution < 1.29 is 14.7 Å². The molecule has 12 heavy (non-hydrogen) atoms. The van der Waals surface area contributed by atoms with Crippen LogP contribution in [0.2, 0.25) is 0 Å². The van der Waals surface area contributed by atoms with Crippen LogP contribution in [-0.2, 0) is 9.59 Å². The van der Waals surface area contributed by atoms with Crippen molar-refractivity contribution in [2.45, 2.75) is 33.6 Å². The van der Waals surface area contributed by atoms with Crippen LogP contribution in [0, 0.1) is 0 Å². The number of ketones is 1. The Balaban J connectivity index is 4.61. The summed E-state index contributed by atoms with van der Waals surface area (Å²) in [5, 5.41) is 8.50. The molecule has 0 aliphatic rings. The van der Waals surface area contributed by atoms with Crippen molar-refractivity contribution in [1.82, 2.24) is 0 Å². The summed E-state index contributed by atoms with van der Waals surface area (Å²) in [7, 11) is 0. The van der Waals surface area contributed by atoms with Crippen LogP contribution in [0.25, 0.3) is 0 Å². The molecule has 0 aliphatic heterocycles. The topological polar surface area (TPSA) is 54.4 Å². The standard InChI is InChI=1S/C9H14O3/c1-4-8(5-9(11)12)6(2)7(3)10/h4-5H2,1-3H3,(H,11,12)/b8-6-. The zero-order chi connectivity index (χ0) is 9.72. The van der Waals surface area contributed by atoms with Gasteiger partial charge in [-0.2, -0.15) is 0 Å². The van der Waals surface area contributed by atoms with E-state index in [4.69, 9.17) is 5.11 Å². The number of carboxylic acid groups (broad SMARTS) is 1. The molecule has 0 spiro atoms. The number of rotatable bonds is 4. The molecule has 0 saturated heterocycles. The van der Waals surface area contributed by atoms with Gasteiger partial charge in [-0.15, -0.1) is 0 Å². The van der Waals surface area contributed by atoms with Gasteiger partial charge in [0.1, 0.15) is 0 Å². The van der Waals surface area contributed by atoms with Gasteiger partial charge in [-0.3, -0.25) is 9.59 Å². The Bertz CT molecular complexity index is 226. The Morgan fingerprint density at radius 3 is 2.00 bits per heavy atom. The van der Waals surface area contributed by atoms with Crippen molar-refractivity contribution in [2.24, 2.45) is 0 Å². The van der Waals surface area contributed by atoms with E-state index < -0.39 is 5.97 Å². The van der Waals surface area contributed by atoms with Crippen LogP contribution in [0.1, 0.15) is 33.6 Å². The summed E-state index contributed by atoms with van der Waals surface area (Å²) in [6.07, 6.45) is 0.597. The highest BCUT2D eigenvalue weighted by atomic mass is 16.4. The maximum atomic E-state index is 10.9. The maximum absolute atomic E-state index is 10.9. The predicted octanol–water partition coefficient (Wildman–Crippen LogP) is 1.78. The lowest BCUT2D eigenvalue weighted by Crippen LogP contribution is -2.03. The molecule has 0 atom stereocenters. The summed E-state index contributed by atoms with van der Waals surface area (Å²) in [5.41, 5.74) is 1.30. The minimum absolute atomic E-state index is 0.0259. The molecule has 68 valence electrons. The van der Waals surface area contributed by atoms with Crippen molar-refractivity contribution in [1.29, 1.82) is 0 Å². The first kappa shape index (κ1) is 10.9. The fraction of sp³-hybridized carbons (Fsp3) is 0.556. The van der Waals surface area contributed by atoms with Crippen molar-refractivity contribution in [3.63, 3.8) is 0 Å². The van der Waals surface area contributed by atoms with E-state index in [0.29, 0.717) is 12.0 Å². The molecule has 0 aliphatic carbocycles. The molecule has 1 N–H and O–H groups in total. The van der Waals surface area contributed by atoms with Crippen LogP contribution >= 0.6 is 0 Å². The Labute approximate surface area is 72.1 Å². The molecule has 0 fully saturated rings. The first-order valence-corrected chi connectivity index (χ1v) is 3.90. The van der Waals surface area contributed by atoms with E-state index in [2.05, 4.69) is 0 Å². The SMILES string of the molecule is CC/C(CC(=O)O)=C(\C)C(C)=O. The first-order chi connectivity index (χ1) is 5.49. The number of carboxylic acids is 1. The molecular weight excluding hydrogens is 156 g/mol. The Kier molecular flexibility index (Phi) is 4.26. The number of Topliss-reactive ketones (excluding diaryl/α,β-unsaturated/α-hetero) is 1. The summed E-state index contributed by atoms with van der Waals surface area (Å²) in [6.45, 7) is 4.97. The van der Waals surface area contributed by atoms with Gasteiger partial charge in [-0.25, -0.2) is 0 Å². The molecule has 3 heteroatoms. The van der Waals surface area contributed by atoms with Gasteiger partial charge in [-0.1, -0.05) is 12.5 Å². The van der Waals surface area contributed by atoms with Gasteiger partial charge in [0.05, 0.1) is 6.42 Å². The Morgan fingerprint density at radius 2 is 1.75 bits per heavy atom.